The summed E-state index contributed by atoms with van der Waals surface area (Å²) in [6, 6.07) is 7.18. The van der Waals surface area contributed by atoms with Gasteiger partial charge in [-0.3, -0.25) is 9.78 Å². The van der Waals surface area contributed by atoms with E-state index in [1.165, 1.54) is 50.8 Å². The number of carbonyl (C=O) groups excluding carboxylic acids is 2. The van der Waals surface area contributed by atoms with Crippen LogP contribution in [0, 0.1) is 5.82 Å². The fourth-order valence-corrected chi connectivity index (χ4v) is 4.23. The Balaban J connectivity index is 1.69. The molecule has 13 heteroatoms. The molecule has 4 rings (SSSR count). The minimum atomic E-state index is -3.73. The van der Waals surface area contributed by atoms with Crippen molar-refractivity contribution in [1.29, 1.82) is 0 Å². The Morgan fingerprint density at radius 3 is 2.41 bits per heavy atom. The van der Waals surface area contributed by atoms with Crippen LogP contribution in [0.5, 0.6) is 0 Å². The molecule has 0 unspecified atom stereocenters. The first kappa shape index (κ1) is 25.9. The second-order valence-corrected chi connectivity index (χ2v) is 11.0. The number of sulfone groups is 1. The van der Waals surface area contributed by atoms with Crippen molar-refractivity contribution < 1.29 is 22.4 Å². The average Bonchev–Trinajstić information content (AvgIpc) is 3.27. The summed E-state index contributed by atoms with van der Waals surface area (Å²) in [5, 5.41) is 7.42. The van der Waals surface area contributed by atoms with Crippen LogP contribution in [0.15, 0.2) is 60.0 Å². The first-order chi connectivity index (χ1) is 17.3. The number of aromatic nitrogens is 4. The number of pyridine rings is 2. The number of nitrogens with one attached hydrogen (secondary N) is 1. The largest absolute Gasteiger partial charge is 0.419 e. The molecule has 0 aliphatic rings. The number of urea groups is 1. The van der Waals surface area contributed by atoms with Gasteiger partial charge in [0.25, 0.3) is 5.91 Å². The van der Waals surface area contributed by atoms with Crippen molar-refractivity contribution in [2.24, 2.45) is 5.73 Å². The quantitative estimate of drug-likeness (QED) is 0.367. The van der Waals surface area contributed by atoms with E-state index in [1.807, 2.05) is 0 Å². The highest BCUT2D eigenvalue weighted by Crippen LogP contribution is 2.26. The Morgan fingerprint density at radius 1 is 1.11 bits per heavy atom. The highest BCUT2D eigenvalue weighted by molar-refractivity contribution is 7.90. The number of amides is 3. The molecule has 0 radical (unpaired) electrons. The van der Waals surface area contributed by atoms with Crippen LogP contribution in [-0.2, 0) is 9.84 Å². The van der Waals surface area contributed by atoms with Gasteiger partial charge in [-0.15, -0.1) is 0 Å². The molecule has 0 bridgehead atoms. The summed E-state index contributed by atoms with van der Waals surface area (Å²) in [6.45, 7) is 1.67. The molecular weight excluding hydrogens is 501 g/mol. The third-order valence-electron chi connectivity index (χ3n) is 5.97. The minimum Gasteiger partial charge on any atom is -0.345 e. The molecule has 0 fully saturated rings. The summed E-state index contributed by atoms with van der Waals surface area (Å²) in [4.78, 5) is 33.5. The van der Waals surface area contributed by atoms with Crippen molar-refractivity contribution in [3.63, 3.8) is 0 Å². The first-order valence-corrected chi connectivity index (χ1v) is 12.9. The summed E-state index contributed by atoms with van der Waals surface area (Å²) in [6.07, 6.45) is 5.46. The Hall–Kier alpha value is -4.23. The number of nitrogens with zero attached hydrogens (tertiary/aromatic N) is 5. The zero-order valence-electron chi connectivity index (χ0n) is 20.5. The Kier molecular flexibility index (Phi) is 6.52. The summed E-state index contributed by atoms with van der Waals surface area (Å²) >= 11 is 0. The predicted octanol–water partition coefficient (Wildman–Crippen LogP) is 2.49. The third-order valence-corrected chi connectivity index (χ3v) is 6.94. The topological polar surface area (TPSA) is 150 Å². The highest BCUT2D eigenvalue weighted by Gasteiger charge is 2.31. The smallest absolute Gasteiger partial charge is 0.345 e. The van der Waals surface area contributed by atoms with Crippen molar-refractivity contribution in [2.45, 2.75) is 18.0 Å². The molecule has 3 N–H and O–H groups in total. The van der Waals surface area contributed by atoms with Gasteiger partial charge in [0.15, 0.2) is 14.9 Å². The van der Waals surface area contributed by atoms with Crippen LogP contribution >= 0.6 is 0 Å². The monoisotopic (exact) mass is 526 g/mol. The van der Waals surface area contributed by atoms with E-state index in [2.05, 4.69) is 20.4 Å². The van der Waals surface area contributed by atoms with Crippen LogP contribution in [0.4, 0.5) is 15.0 Å². The van der Waals surface area contributed by atoms with Gasteiger partial charge in [-0.1, -0.05) is 0 Å². The van der Waals surface area contributed by atoms with Gasteiger partial charge < -0.3 is 11.1 Å². The molecular formula is C24H25FN7O4S+. The van der Waals surface area contributed by atoms with Crippen LogP contribution < -0.4 is 15.5 Å². The third kappa shape index (κ3) is 5.04. The number of fused-ring (bicyclic) bond motifs is 1. The van der Waals surface area contributed by atoms with E-state index < -0.39 is 32.3 Å². The van der Waals surface area contributed by atoms with E-state index in [0.29, 0.717) is 22.2 Å². The lowest BCUT2D eigenvalue weighted by atomic mass is 10.1. The van der Waals surface area contributed by atoms with Crippen molar-refractivity contribution >= 4 is 38.5 Å². The lowest BCUT2D eigenvalue weighted by Gasteiger charge is -2.24. The molecule has 4 aromatic rings. The van der Waals surface area contributed by atoms with Gasteiger partial charge in [0.2, 0.25) is 5.82 Å². The van der Waals surface area contributed by atoms with Crippen molar-refractivity contribution in [1.82, 2.24) is 29.5 Å². The lowest BCUT2D eigenvalue weighted by molar-refractivity contribution is 0.0941. The molecule has 0 aliphatic heterocycles. The van der Waals surface area contributed by atoms with Crippen molar-refractivity contribution in [3.05, 3.63) is 71.9 Å². The molecule has 3 amide bonds. The number of rotatable bonds is 6. The zero-order valence-corrected chi connectivity index (χ0v) is 21.3. The van der Waals surface area contributed by atoms with E-state index in [9.17, 15) is 22.4 Å². The van der Waals surface area contributed by atoms with Crippen LogP contribution in [0.1, 0.15) is 28.9 Å². The lowest BCUT2D eigenvalue weighted by Crippen LogP contribution is -2.51. The first-order valence-electron chi connectivity index (χ1n) is 11.0. The SMILES string of the molecule is C[C@H](NC(=O)c1cncc2c1cnn2-c1ccc(F)cc1)c1cc([N+](C)(C)C(N)=O)nc(S(C)(=O)=O)c1. The molecule has 0 aliphatic carbocycles. The number of quaternary nitrogens is 1. The summed E-state index contributed by atoms with van der Waals surface area (Å²) < 4.78 is 38.9. The van der Waals surface area contributed by atoms with Crippen LogP contribution in [-0.4, -0.2) is 60.5 Å². The molecule has 0 spiro atoms. The van der Waals surface area contributed by atoms with Gasteiger partial charge in [0.1, 0.15) is 5.82 Å². The predicted molar refractivity (Wildman–Crippen MR) is 135 cm³/mol. The second-order valence-electron chi connectivity index (χ2n) is 9.01. The van der Waals surface area contributed by atoms with Crippen LogP contribution in [0.25, 0.3) is 16.6 Å². The van der Waals surface area contributed by atoms with E-state index in [0.717, 1.165) is 6.26 Å². The standard InChI is InChI=1S/C24H24FN7O4S/c1-14(15-9-21(32(2,3)24(26)34)30-22(10-15)37(4,35)36)29-23(33)19-11-27-13-20-18(19)12-28-31(20)17-7-5-16(25)6-8-17/h5-14H,1-4H3,(H2-,26,29,33,34)/p+1/t14-/m0/s1. The van der Waals surface area contributed by atoms with Crippen molar-refractivity contribution in [2.75, 3.05) is 20.4 Å². The van der Waals surface area contributed by atoms with Gasteiger partial charge in [0.05, 0.1) is 49.3 Å². The van der Waals surface area contributed by atoms with E-state index >= 15 is 0 Å². The van der Waals surface area contributed by atoms with E-state index in [-0.39, 0.29) is 22.2 Å². The fraction of sp³-hybridized carbons (Fsp3) is 0.208. The van der Waals surface area contributed by atoms with Crippen LogP contribution in [0.3, 0.4) is 0 Å². The Morgan fingerprint density at radius 2 is 1.78 bits per heavy atom. The molecule has 11 nitrogen and oxygen atoms in total. The van der Waals surface area contributed by atoms with Crippen LogP contribution in [0.2, 0.25) is 0 Å². The minimum absolute atomic E-state index is 0.107. The van der Waals surface area contributed by atoms with Gasteiger partial charge in [-0.05, 0) is 42.8 Å². The maximum atomic E-state index is 13.3. The molecule has 3 aromatic heterocycles. The number of primary amides is 1. The molecule has 0 saturated carbocycles. The van der Waals surface area contributed by atoms with Gasteiger partial charge in [-0.2, -0.15) is 14.6 Å². The summed E-state index contributed by atoms with van der Waals surface area (Å²) in [7, 11) is -0.771. The van der Waals surface area contributed by atoms with E-state index in [1.54, 1.807) is 29.9 Å². The molecule has 192 valence electrons. The van der Waals surface area contributed by atoms with Gasteiger partial charge in [-0.25, -0.2) is 22.3 Å². The molecule has 37 heavy (non-hydrogen) atoms. The number of halogens is 1. The molecule has 0 saturated heterocycles. The Labute approximate surface area is 212 Å². The number of hydrogen-bond acceptors (Lipinski definition) is 7. The zero-order chi connectivity index (χ0) is 27.1. The number of nitrogens with two attached hydrogens (primary N) is 1. The van der Waals surface area contributed by atoms with Gasteiger partial charge in [0, 0.05) is 23.9 Å². The molecule has 1 atom stereocenters. The number of benzene rings is 1. The highest BCUT2D eigenvalue weighted by atomic mass is 32.2. The number of hydrogen-bond donors (Lipinski definition) is 2. The molecule has 3 heterocycles. The molecule has 1 aromatic carbocycles. The maximum absolute atomic E-state index is 13.3. The average molecular weight is 527 g/mol. The Bertz CT molecular complexity index is 1630. The second kappa shape index (κ2) is 9.33. The summed E-state index contributed by atoms with van der Waals surface area (Å²) in [5.74, 6) is -0.758. The summed E-state index contributed by atoms with van der Waals surface area (Å²) in [5.41, 5.74) is 7.27. The maximum Gasteiger partial charge on any atom is 0.419 e. The van der Waals surface area contributed by atoms with E-state index in [4.69, 9.17) is 5.73 Å². The fourth-order valence-electron chi connectivity index (χ4n) is 3.62. The normalized spacial score (nSPS) is 12.9. The van der Waals surface area contributed by atoms with Gasteiger partial charge >= 0.3 is 6.03 Å². The van der Waals surface area contributed by atoms with Crippen molar-refractivity contribution in [3.8, 4) is 5.69 Å². The number of carbonyl (C=O) groups is 2.